The molecule has 0 aliphatic carbocycles. The fourth-order valence-electron chi connectivity index (χ4n) is 1.19. The number of halogens is 1. The maximum Gasteiger partial charge on any atom is 0.115 e. The Morgan fingerprint density at radius 2 is 1.92 bits per heavy atom. The minimum Gasteiger partial charge on any atom is -0.257 e. The Morgan fingerprint density at radius 3 is 2.54 bits per heavy atom. The van der Waals surface area contributed by atoms with Crippen LogP contribution < -0.4 is 0 Å². The zero-order valence-electron chi connectivity index (χ0n) is 7.02. The monoisotopic (exact) mass is 192 g/mol. The minimum atomic E-state index is 0.396. The van der Waals surface area contributed by atoms with Gasteiger partial charge in [0.1, 0.15) is 6.00 Å². The number of alkyl halides is 1. The van der Waals surface area contributed by atoms with E-state index in [-0.39, 0.29) is 0 Å². The molecular weight excluding hydrogens is 184 g/mol. The number of hydrogen-bond donors (Lipinski definition) is 0. The molecule has 1 aromatic heterocycles. The highest BCUT2D eigenvalue weighted by Gasteiger charge is 1.99. The first-order valence-corrected chi connectivity index (χ1v) is 4.58. The van der Waals surface area contributed by atoms with E-state index in [2.05, 4.69) is 5.10 Å². The first-order valence-electron chi connectivity index (χ1n) is 4.05. The van der Waals surface area contributed by atoms with Gasteiger partial charge in [-0.15, -0.1) is 11.6 Å². The van der Waals surface area contributed by atoms with E-state index >= 15 is 0 Å². The van der Waals surface area contributed by atoms with E-state index < -0.39 is 0 Å². The quantitative estimate of drug-likeness (QED) is 0.669. The molecule has 66 valence electrons. The summed E-state index contributed by atoms with van der Waals surface area (Å²) in [5, 5.41) is 4.28. The van der Waals surface area contributed by atoms with Gasteiger partial charge in [-0.2, -0.15) is 5.10 Å². The van der Waals surface area contributed by atoms with Gasteiger partial charge in [0.15, 0.2) is 0 Å². The van der Waals surface area contributed by atoms with Crippen molar-refractivity contribution in [2.45, 2.75) is 6.00 Å². The van der Waals surface area contributed by atoms with Gasteiger partial charge in [-0.05, 0) is 6.07 Å². The van der Waals surface area contributed by atoms with Crippen molar-refractivity contribution < 1.29 is 0 Å². The van der Waals surface area contributed by atoms with Crippen LogP contribution in [-0.4, -0.2) is 9.78 Å². The van der Waals surface area contributed by atoms with Gasteiger partial charge in [0.2, 0.25) is 0 Å². The van der Waals surface area contributed by atoms with Crippen LogP contribution in [0.4, 0.5) is 0 Å². The van der Waals surface area contributed by atoms with E-state index in [0.717, 1.165) is 11.3 Å². The predicted octanol–water partition coefficient (Wildman–Crippen LogP) is 2.75. The van der Waals surface area contributed by atoms with Crippen LogP contribution in [-0.2, 0) is 6.00 Å². The molecule has 1 heterocycles. The molecule has 1 aromatic carbocycles. The summed E-state index contributed by atoms with van der Waals surface area (Å²) >= 11 is 5.63. The Kier molecular flexibility index (Phi) is 2.32. The summed E-state index contributed by atoms with van der Waals surface area (Å²) in [6.07, 6.45) is 1.87. The van der Waals surface area contributed by atoms with Gasteiger partial charge in [-0.3, -0.25) is 4.68 Å². The first-order chi connectivity index (χ1) is 6.40. The van der Waals surface area contributed by atoms with Crippen LogP contribution in [0.1, 0.15) is 0 Å². The number of aromatic nitrogens is 2. The number of nitrogens with zero attached hydrogens (tertiary/aromatic N) is 2. The molecule has 0 fully saturated rings. The van der Waals surface area contributed by atoms with Gasteiger partial charge in [0, 0.05) is 11.8 Å². The Hall–Kier alpha value is -1.28. The zero-order valence-corrected chi connectivity index (χ0v) is 7.78. The molecule has 0 aliphatic rings. The number of rotatable bonds is 2. The summed E-state index contributed by atoms with van der Waals surface area (Å²) in [7, 11) is 0. The highest BCUT2D eigenvalue weighted by molar-refractivity contribution is 6.15. The lowest BCUT2D eigenvalue weighted by Gasteiger charge is -1.94. The van der Waals surface area contributed by atoms with Crippen molar-refractivity contribution >= 4 is 11.6 Å². The molecule has 0 atom stereocenters. The average Bonchev–Trinajstić information content (AvgIpc) is 2.67. The highest BCUT2D eigenvalue weighted by Crippen LogP contribution is 2.15. The first kappa shape index (κ1) is 8.32. The van der Waals surface area contributed by atoms with Gasteiger partial charge in [-0.1, -0.05) is 30.3 Å². The van der Waals surface area contributed by atoms with Gasteiger partial charge < -0.3 is 0 Å². The molecule has 0 unspecified atom stereocenters. The van der Waals surface area contributed by atoms with Crippen LogP contribution >= 0.6 is 11.6 Å². The molecule has 2 rings (SSSR count). The molecule has 3 heteroatoms. The van der Waals surface area contributed by atoms with Crippen LogP contribution in [0.15, 0.2) is 42.6 Å². The highest BCUT2D eigenvalue weighted by atomic mass is 35.5. The molecule has 2 aromatic rings. The predicted molar refractivity (Wildman–Crippen MR) is 53.5 cm³/mol. The SMILES string of the molecule is ClCn1ccc(-c2ccccc2)n1. The van der Waals surface area contributed by atoms with Crippen LogP contribution in [0, 0.1) is 0 Å². The van der Waals surface area contributed by atoms with E-state index in [4.69, 9.17) is 11.6 Å². The Morgan fingerprint density at radius 1 is 1.15 bits per heavy atom. The van der Waals surface area contributed by atoms with Gasteiger partial charge in [-0.25, -0.2) is 0 Å². The molecule has 0 amide bonds. The van der Waals surface area contributed by atoms with Crippen LogP contribution in [0.3, 0.4) is 0 Å². The third kappa shape index (κ3) is 1.73. The van der Waals surface area contributed by atoms with Crippen molar-refractivity contribution in [1.29, 1.82) is 0 Å². The van der Waals surface area contributed by atoms with E-state index in [1.165, 1.54) is 0 Å². The molecule has 0 aliphatic heterocycles. The van der Waals surface area contributed by atoms with Crippen molar-refractivity contribution in [3.63, 3.8) is 0 Å². The lowest BCUT2D eigenvalue weighted by Crippen LogP contribution is -1.91. The smallest absolute Gasteiger partial charge is 0.115 e. The molecular formula is C10H9ClN2. The summed E-state index contributed by atoms with van der Waals surface area (Å²) in [5.41, 5.74) is 2.08. The van der Waals surface area contributed by atoms with E-state index in [9.17, 15) is 0 Å². The topological polar surface area (TPSA) is 17.8 Å². The second-order valence-corrected chi connectivity index (χ2v) is 2.97. The van der Waals surface area contributed by atoms with Crippen molar-refractivity contribution in [2.75, 3.05) is 0 Å². The summed E-state index contributed by atoms with van der Waals surface area (Å²) in [6, 6.07) is 12.4. The molecule has 0 spiro atoms. The van der Waals surface area contributed by atoms with E-state index in [1.807, 2.05) is 42.6 Å². The van der Waals surface area contributed by atoms with Crippen molar-refractivity contribution in [3.05, 3.63) is 42.6 Å². The second kappa shape index (κ2) is 3.62. The van der Waals surface area contributed by atoms with E-state index in [0.29, 0.717) is 6.00 Å². The van der Waals surface area contributed by atoms with Crippen LogP contribution in [0.5, 0.6) is 0 Å². The fourth-order valence-corrected chi connectivity index (χ4v) is 1.32. The van der Waals surface area contributed by atoms with Crippen molar-refractivity contribution in [2.24, 2.45) is 0 Å². The lowest BCUT2D eigenvalue weighted by molar-refractivity contribution is 0.747. The van der Waals surface area contributed by atoms with Gasteiger partial charge >= 0.3 is 0 Å². The largest absolute Gasteiger partial charge is 0.257 e. The minimum absolute atomic E-state index is 0.396. The molecule has 0 saturated heterocycles. The maximum atomic E-state index is 5.63. The molecule has 0 saturated carbocycles. The van der Waals surface area contributed by atoms with Crippen molar-refractivity contribution in [3.8, 4) is 11.3 Å². The van der Waals surface area contributed by atoms with Gasteiger partial charge in [0.25, 0.3) is 0 Å². The zero-order chi connectivity index (χ0) is 9.10. The Balaban J connectivity index is 2.36. The average molecular weight is 193 g/mol. The number of hydrogen-bond acceptors (Lipinski definition) is 1. The van der Waals surface area contributed by atoms with Crippen LogP contribution in [0.2, 0.25) is 0 Å². The Bertz CT molecular complexity index is 381. The standard InChI is InChI=1S/C10H9ClN2/c11-8-13-7-6-10(12-13)9-4-2-1-3-5-9/h1-7H,8H2. The molecule has 13 heavy (non-hydrogen) atoms. The van der Waals surface area contributed by atoms with E-state index in [1.54, 1.807) is 4.68 Å². The summed E-state index contributed by atoms with van der Waals surface area (Å²) in [4.78, 5) is 0. The fraction of sp³-hybridized carbons (Fsp3) is 0.100. The number of benzene rings is 1. The maximum absolute atomic E-state index is 5.63. The molecule has 0 bridgehead atoms. The summed E-state index contributed by atoms with van der Waals surface area (Å²) in [6.45, 7) is 0. The summed E-state index contributed by atoms with van der Waals surface area (Å²) < 4.78 is 1.70. The van der Waals surface area contributed by atoms with Gasteiger partial charge in [0.05, 0.1) is 5.69 Å². The third-order valence-corrected chi connectivity index (χ3v) is 2.08. The summed E-state index contributed by atoms with van der Waals surface area (Å²) in [5.74, 6) is 0. The normalized spacial score (nSPS) is 10.2. The molecule has 2 nitrogen and oxygen atoms in total. The second-order valence-electron chi connectivity index (χ2n) is 2.73. The lowest BCUT2D eigenvalue weighted by atomic mass is 10.2. The molecule has 0 N–H and O–H groups in total. The van der Waals surface area contributed by atoms with Crippen molar-refractivity contribution in [1.82, 2.24) is 9.78 Å². The Labute approximate surface area is 81.8 Å². The van der Waals surface area contributed by atoms with Crippen LogP contribution in [0.25, 0.3) is 11.3 Å². The third-order valence-electron chi connectivity index (χ3n) is 1.83. The molecule has 0 radical (unpaired) electrons.